The Labute approximate surface area is 158 Å². The molecule has 0 N–H and O–H groups in total. The Morgan fingerprint density at radius 2 is 1.04 bits per heavy atom. The zero-order chi connectivity index (χ0) is 19.4. The van der Waals surface area contributed by atoms with Crippen molar-refractivity contribution in [3.8, 4) is 11.5 Å². The zero-order valence-electron chi connectivity index (χ0n) is 16.9. The van der Waals surface area contributed by atoms with Crippen LogP contribution in [0.25, 0.3) is 0 Å². The number of hydrogen-bond donors (Lipinski definition) is 0. The van der Waals surface area contributed by atoms with E-state index in [2.05, 4.69) is 25.1 Å². The van der Waals surface area contributed by atoms with Crippen LogP contribution in [0.2, 0.25) is 0 Å². The van der Waals surface area contributed by atoms with Crippen LogP contribution in [-0.2, 0) is 22.7 Å². The Hall–Kier alpha value is -2.04. The summed E-state index contributed by atoms with van der Waals surface area (Å²) in [7, 11) is 3.41. The monoisotopic (exact) mass is 360 g/mol. The molecular weight excluding hydrogens is 328 g/mol. The van der Waals surface area contributed by atoms with Gasteiger partial charge in [-0.05, 0) is 56.5 Å². The van der Waals surface area contributed by atoms with Gasteiger partial charge in [0.05, 0.1) is 26.4 Å². The van der Waals surface area contributed by atoms with Gasteiger partial charge in [0.2, 0.25) is 0 Å². The lowest BCUT2D eigenvalue weighted by Crippen LogP contribution is -1.95. The molecule has 0 aliphatic carbocycles. The highest BCUT2D eigenvalue weighted by atomic mass is 16.5. The second kappa shape index (κ2) is 12.3. The second-order valence-electron chi connectivity index (χ2n) is 6.04. The first kappa shape index (κ1) is 22.0. The number of ether oxygens (including phenoxy) is 4. The van der Waals surface area contributed by atoms with Crippen molar-refractivity contribution in [3.05, 3.63) is 58.7 Å². The molecule has 0 bridgehead atoms. The number of hydrogen-bond acceptors (Lipinski definition) is 4. The third-order valence-electron chi connectivity index (χ3n) is 3.47. The van der Waals surface area contributed by atoms with Crippen molar-refractivity contribution in [2.24, 2.45) is 0 Å². The standard InChI is InChI=1S/2C11H16O2/c1-9-4-10(7-12-2)6-11(5-9)8-13-3;1-4-12-10-6-9(3)7-11(8-10)13-5-2/h4-6H,7-8H2,1-3H3;6-8H,4-5H2,1-3H3. The van der Waals surface area contributed by atoms with E-state index in [0.29, 0.717) is 26.4 Å². The predicted octanol–water partition coefficient (Wildman–Crippen LogP) is 5.08. The van der Waals surface area contributed by atoms with Crippen molar-refractivity contribution in [2.75, 3.05) is 27.4 Å². The van der Waals surface area contributed by atoms with E-state index in [1.165, 1.54) is 16.7 Å². The molecule has 0 amide bonds. The van der Waals surface area contributed by atoms with Gasteiger partial charge < -0.3 is 18.9 Å². The van der Waals surface area contributed by atoms with Crippen LogP contribution in [0.4, 0.5) is 0 Å². The van der Waals surface area contributed by atoms with Gasteiger partial charge in [-0.1, -0.05) is 23.8 Å². The van der Waals surface area contributed by atoms with E-state index < -0.39 is 0 Å². The van der Waals surface area contributed by atoms with Gasteiger partial charge in [-0.3, -0.25) is 0 Å². The zero-order valence-corrected chi connectivity index (χ0v) is 16.9. The molecule has 0 radical (unpaired) electrons. The SMILES string of the molecule is CCOc1cc(C)cc(OCC)c1.COCc1cc(C)cc(COC)c1. The van der Waals surface area contributed by atoms with E-state index in [9.17, 15) is 0 Å². The molecule has 0 saturated carbocycles. The largest absolute Gasteiger partial charge is 0.494 e. The molecule has 0 aromatic heterocycles. The number of benzene rings is 2. The normalized spacial score (nSPS) is 10.1. The summed E-state index contributed by atoms with van der Waals surface area (Å²) in [5.74, 6) is 1.76. The van der Waals surface area contributed by atoms with Crippen LogP contribution < -0.4 is 9.47 Å². The van der Waals surface area contributed by atoms with Gasteiger partial charge in [-0.25, -0.2) is 0 Å². The molecule has 26 heavy (non-hydrogen) atoms. The van der Waals surface area contributed by atoms with Gasteiger partial charge >= 0.3 is 0 Å². The van der Waals surface area contributed by atoms with Crippen LogP contribution in [0.15, 0.2) is 36.4 Å². The molecule has 4 heteroatoms. The van der Waals surface area contributed by atoms with Gasteiger partial charge in [-0.2, -0.15) is 0 Å². The van der Waals surface area contributed by atoms with E-state index in [-0.39, 0.29) is 0 Å². The fraction of sp³-hybridized carbons (Fsp3) is 0.455. The van der Waals surface area contributed by atoms with Crippen molar-refractivity contribution in [1.29, 1.82) is 0 Å². The highest BCUT2D eigenvalue weighted by Crippen LogP contribution is 2.22. The average Bonchev–Trinajstić information content (AvgIpc) is 2.55. The van der Waals surface area contributed by atoms with E-state index in [4.69, 9.17) is 18.9 Å². The summed E-state index contributed by atoms with van der Waals surface area (Å²) in [6, 6.07) is 12.3. The Kier molecular flexibility index (Phi) is 10.4. The molecule has 4 nitrogen and oxygen atoms in total. The minimum Gasteiger partial charge on any atom is -0.494 e. The topological polar surface area (TPSA) is 36.9 Å². The maximum absolute atomic E-state index is 5.39. The highest BCUT2D eigenvalue weighted by Gasteiger charge is 1.99. The molecular formula is C22H32O4. The third-order valence-corrected chi connectivity index (χ3v) is 3.47. The summed E-state index contributed by atoms with van der Waals surface area (Å²) in [6.07, 6.45) is 0. The highest BCUT2D eigenvalue weighted by molar-refractivity contribution is 5.37. The van der Waals surface area contributed by atoms with Gasteiger partial charge in [0, 0.05) is 20.3 Å². The van der Waals surface area contributed by atoms with Crippen LogP contribution in [0.1, 0.15) is 36.1 Å². The molecule has 0 aliphatic heterocycles. The Bertz CT molecular complexity index is 547. The number of aryl methyl sites for hydroxylation is 2. The molecule has 0 saturated heterocycles. The van der Waals surface area contributed by atoms with E-state index in [1.54, 1.807) is 14.2 Å². The van der Waals surface area contributed by atoms with E-state index >= 15 is 0 Å². The molecule has 2 rings (SSSR count). The predicted molar refractivity (Wildman–Crippen MR) is 106 cm³/mol. The quantitative estimate of drug-likeness (QED) is 0.658. The second-order valence-corrected chi connectivity index (χ2v) is 6.04. The lowest BCUT2D eigenvalue weighted by atomic mass is 10.1. The first-order valence-corrected chi connectivity index (χ1v) is 8.96. The molecule has 2 aromatic rings. The molecule has 0 heterocycles. The molecule has 0 atom stereocenters. The number of rotatable bonds is 8. The Balaban J connectivity index is 0.000000260. The lowest BCUT2D eigenvalue weighted by Gasteiger charge is -2.08. The molecule has 2 aromatic carbocycles. The van der Waals surface area contributed by atoms with Gasteiger partial charge in [0.15, 0.2) is 0 Å². The first-order valence-electron chi connectivity index (χ1n) is 8.96. The smallest absolute Gasteiger partial charge is 0.123 e. The fourth-order valence-corrected chi connectivity index (χ4v) is 2.66. The molecule has 0 unspecified atom stereocenters. The average molecular weight is 360 g/mol. The van der Waals surface area contributed by atoms with E-state index in [1.807, 2.05) is 39.0 Å². The Morgan fingerprint density at radius 3 is 1.42 bits per heavy atom. The first-order chi connectivity index (χ1) is 12.5. The van der Waals surface area contributed by atoms with Crippen molar-refractivity contribution < 1.29 is 18.9 Å². The van der Waals surface area contributed by atoms with Crippen LogP contribution in [0, 0.1) is 13.8 Å². The van der Waals surface area contributed by atoms with Gasteiger partial charge in [0.25, 0.3) is 0 Å². The summed E-state index contributed by atoms with van der Waals surface area (Å²) < 4.78 is 20.9. The van der Waals surface area contributed by atoms with Crippen LogP contribution in [-0.4, -0.2) is 27.4 Å². The van der Waals surface area contributed by atoms with Crippen molar-refractivity contribution in [2.45, 2.75) is 40.9 Å². The van der Waals surface area contributed by atoms with Gasteiger partial charge in [0.1, 0.15) is 11.5 Å². The molecule has 144 valence electrons. The number of methoxy groups -OCH3 is 2. The van der Waals surface area contributed by atoms with Gasteiger partial charge in [-0.15, -0.1) is 0 Å². The minimum atomic E-state index is 0.665. The minimum absolute atomic E-state index is 0.665. The van der Waals surface area contributed by atoms with E-state index in [0.717, 1.165) is 17.1 Å². The van der Waals surface area contributed by atoms with Crippen molar-refractivity contribution >= 4 is 0 Å². The van der Waals surface area contributed by atoms with Crippen molar-refractivity contribution in [3.63, 3.8) is 0 Å². The fourth-order valence-electron chi connectivity index (χ4n) is 2.66. The van der Waals surface area contributed by atoms with Crippen LogP contribution in [0.5, 0.6) is 11.5 Å². The molecule has 0 fully saturated rings. The lowest BCUT2D eigenvalue weighted by molar-refractivity contribution is 0.180. The maximum Gasteiger partial charge on any atom is 0.123 e. The molecule has 0 spiro atoms. The maximum atomic E-state index is 5.39. The Morgan fingerprint density at radius 1 is 0.615 bits per heavy atom. The summed E-state index contributed by atoms with van der Waals surface area (Å²) in [6.45, 7) is 10.8. The third kappa shape index (κ3) is 8.37. The summed E-state index contributed by atoms with van der Waals surface area (Å²) in [5, 5.41) is 0. The summed E-state index contributed by atoms with van der Waals surface area (Å²) >= 11 is 0. The van der Waals surface area contributed by atoms with Crippen LogP contribution >= 0.6 is 0 Å². The van der Waals surface area contributed by atoms with Crippen molar-refractivity contribution in [1.82, 2.24) is 0 Å². The van der Waals surface area contributed by atoms with Crippen LogP contribution in [0.3, 0.4) is 0 Å². The summed E-state index contributed by atoms with van der Waals surface area (Å²) in [5.41, 5.74) is 4.82. The summed E-state index contributed by atoms with van der Waals surface area (Å²) in [4.78, 5) is 0. The molecule has 0 aliphatic rings.